The molecule has 2 nitrogen and oxygen atoms in total. The molecule has 0 aliphatic rings. The zero-order valence-electron chi connectivity index (χ0n) is 8.29. The average molecular weight is 232 g/mol. The third kappa shape index (κ3) is 3.20. The van der Waals surface area contributed by atoms with Crippen LogP contribution in [0.5, 0.6) is 5.75 Å². The van der Waals surface area contributed by atoms with Crippen LogP contribution in [-0.2, 0) is 0 Å². The monoisotopic (exact) mass is 232 g/mol. The molecule has 1 rings (SSSR count). The Hall–Kier alpha value is -1.10. The molecule has 0 radical (unpaired) electrons. The van der Waals surface area contributed by atoms with Gasteiger partial charge in [-0.3, -0.25) is 4.79 Å². The number of hydrogen-bond acceptors (Lipinski definition) is 3. The molecule has 0 saturated carbocycles. The zero-order valence-corrected chi connectivity index (χ0v) is 9.11. The highest BCUT2D eigenvalue weighted by Crippen LogP contribution is 2.34. The summed E-state index contributed by atoms with van der Waals surface area (Å²) in [6, 6.07) is 4.44. The minimum absolute atomic E-state index is 0.123. The van der Waals surface area contributed by atoms with Crippen molar-refractivity contribution < 1.29 is 18.3 Å². The van der Waals surface area contributed by atoms with Gasteiger partial charge in [0.15, 0.2) is 5.78 Å². The number of ketones is 1. The lowest BCUT2D eigenvalue weighted by Crippen LogP contribution is -1.95. The topological polar surface area (TPSA) is 26.3 Å². The van der Waals surface area contributed by atoms with Gasteiger partial charge in [-0.05, 0) is 19.1 Å². The molecule has 0 aromatic heterocycles. The number of halogens is 2. The Labute approximate surface area is 90.6 Å². The maximum Gasteiger partial charge on any atom is 0.289 e. The van der Waals surface area contributed by atoms with Crippen LogP contribution < -0.4 is 4.74 Å². The Bertz CT molecular complexity index is 366. The molecular formula is C10H10F2O2S. The Morgan fingerprint density at radius 3 is 2.60 bits per heavy atom. The van der Waals surface area contributed by atoms with Crippen molar-refractivity contribution in [3.63, 3.8) is 0 Å². The normalized spacial score (nSPS) is 10.5. The smallest absolute Gasteiger partial charge is 0.289 e. The first kappa shape index (κ1) is 12.0. The second kappa shape index (κ2) is 5.11. The van der Waals surface area contributed by atoms with Gasteiger partial charge >= 0.3 is 0 Å². The van der Waals surface area contributed by atoms with E-state index in [0.29, 0.717) is 28.0 Å². The van der Waals surface area contributed by atoms with Gasteiger partial charge in [0.05, 0.1) is 12.0 Å². The van der Waals surface area contributed by atoms with Gasteiger partial charge in [-0.15, -0.1) is 0 Å². The molecule has 0 spiro atoms. The predicted molar refractivity (Wildman–Crippen MR) is 54.9 cm³/mol. The van der Waals surface area contributed by atoms with Crippen molar-refractivity contribution >= 4 is 17.5 Å². The van der Waals surface area contributed by atoms with Gasteiger partial charge in [0.25, 0.3) is 5.76 Å². The molecule has 1 aromatic carbocycles. The summed E-state index contributed by atoms with van der Waals surface area (Å²) in [6.45, 7) is 1.41. The van der Waals surface area contributed by atoms with Crippen molar-refractivity contribution in [2.75, 3.05) is 7.11 Å². The maximum absolute atomic E-state index is 12.1. The van der Waals surface area contributed by atoms with Gasteiger partial charge in [0.1, 0.15) is 5.75 Å². The zero-order chi connectivity index (χ0) is 11.4. The molecule has 0 unspecified atom stereocenters. The van der Waals surface area contributed by atoms with E-state index < -0.39 is 5.76 Å². The summed E-state index contributed by atoms with van der Waals surface area (Å²) < 4.78 is 29.2. The summed E-state index contributed by atoms with van der Waals surface area (Å²) in [7, 11) is 1.38. The molecule has 0 aliphatic heterocycles. The second-order valence-electron chi connectivity index (χ2n) is 2.80. The fourth-order valence-electron chi connectivity index (χ4n) is 1.08. The summed E-state index contributed by atoms with van der Waals surface area (Å²) in [6.07, 6.45) is 0. The molecular weight excluding hydrogens is 222 g/mol. The summed E-state index contributed by atoms with van der Waals surface area (Å²) in [5.41, 5.74) is 0.450. The molecule has 0 amide bonds. The van der Waals surface area contributed by atoms with Crippen LogP contribution in [0.3, 0.4) is 0 Å². The van der Waals surface area contributed by atoms with Gasteiger partial charge < -0.3 is 4.74 Å². The number of Topliss-reactive ketones (excluding diaryl/α,β-unsaturated/α-hetero) is 1. The lowest BCUT2D eigenvalue weighted by molar-refractivity contribution is 0.101. The van der Waals surface area contributed by atoms with Crippen LogP contribution in [0, 0.1) is 0 Å². The number of ether oxygens (including phenoxy) is 1. The molecule has 82 valence electrons. The van der Waals surface area contributed by atoms with Crippen LogP contribution in [0.2, 0.25) is 0 Å². The first-order chi connectivity index (χ1) is 7.04. The molecule has 0 aliphatic carbocycles. The fraction of sp³-hybridized carbons (Fsp3) is 0.300. The van der Waals surface area contributed by atoms with E-state index in [9.17, 15) is 13.6 Å². The molecule has 0 atom stereocenters. The van der Waals surface area contributed by atoms with Crippen LogP contribution >= 0.6 is 11.8 Å². The third-order valence-electron chi connectivity index (χ3n) is 1.79. The summed E-state index contributed by atoms with van der Waals surface area (Å²) in [5, 5.41) is 0. The number of thioether (sulfide) groups is 1. The number of hydrogen-bond donors (Lipinski definition) is 0. The van der Waals surface area contributed by atoms with Crippen molar-refractivity contribution in [3.05, 3.63) is 23.8 Å². The van der Waals surface area contributed by atoms with Crippen molar-refractivity contribution in [2.24, 2.45) is 0 Å². The molecule has 5 heteroatoms. The Balaban J connectivity index is 3.03. The highest BCUT2D eigenvalue weighted by molar-refractivity contribution is 7.99. The van der Waals surface area contributed by atoms with Gasteiger partial charge in [0, 0.05) is 5.56 Å². The van der Waals surface area contributed by atoms with Gasteiger partial charge in [-0.25, -0.2) is 0 Å². The molecule has 0 N–H and O–H groups in total. The first-order valence-electron chi connectivity index (χ1n) is 4.18. The average Bonchev–Trinajstić information content (AvgIpc) is 2.17. The van der Waals surface area contributed by atoms with E-state index >= 15 is 0 Å². The first-order valence-corrected chi connectivity index (χ1v) is 5.06. The van der Waals surface area contributed by atoms with E-state index in [0.717, 1.165) is 0 Å². The Kier molecular flexibility index (Phi) is 4.08. The van der Waals surface area contributed by atoms with E-state index in [2.05, 4.69) is 0 Å². The quantitative estimate of drug-likeness (QED) is 0.589. The molecule has 15 heavy (non-hydrogen) atoms. The number of alkyl halides is 2. The fourth-order valence-corrected chi connectivity index (χ4v) is 1.68. The summed E-state index contributed by atoms with van der Waals surface area (Å²) >= 11 is 0.400. The summed E-state index contributed by atoms with van der Waals surface area (Å²) in [5.74, 6) is -2.32. The van der Waals surface area contributed by atoms with Crippen LogP contribution in [0.25, 0.3) is 0 Å². The molecule has 0 heterocycles. The van der Waals surface area contributed by atoms with Crippen molar-refractivity contribution in [1.29, 1.82) is 0 Å². The Morgan fingerprint density at radius 2 is 2.13 bits per heavy atom. The second-order valence-corrected chi connectivity index (χ2v) is 3.83. The van der Waals surface area contributed by atoms with Crippen molar-refractivity contribution in [3.8, 4) is 5.75 Å². The lowest BCUT2D eigenvalue weighted by Gasteiger charge is -2.08. The third-order valence-corrected chi connectivity index (χ3v) is 2.56. The van der Waals surface area contributed by atoms with E-state index in [-0.39, 0.29) is 5.78 Å². The van der Waals surface area contributed by atoms with Crippen LogP contribution in [0.15, 0.2) is 23.1 Å². The molecule has 0 bridgehead atoms. The predicted octanol–water partition coefficient (Wildman–Crippen LogP) is 3.21. The number of methoxy groups -OCH3 is 1. The van der Waals surface area contributed by atoms with Crippen molar-refractivity contribution in [2.45, 2.75) is 17.6 Å². The number of carbonyl (C=O) groups is 1. The van der Waals surface area contributed by atoms with Gasteiger partial charge in [0.2, 0.25) is 0 Å². The number of benzene rings is 1. The number of carbonyl (C=O) groups excluding carboxylic acids is 1. The highest BCUT2D eigenvalue weighted by atomic mass is 32.2. The van der Waals surface area contributed by atoms with Crippen LogP contribution in [0.1, 0.15) is 17.3 Å². The molecule has 1 aromatic rings. The lowest BCUT2D eigenvalue weighted by atomic mass is 10.1. The minimum Gasteiger partial charge on any atom is -0.496 e. The standard InChI is InChI=1S/C10H10F2O2S/c1-6(13)7-3-4-9(15-10(11)12)8(5-7)14-2/h3-5,10H,1-2H3. The van der Waals surface area contributed by atoms with Gasteiger partial charge in [-0.1, -0.05) is 17.8 Å². The molecule has 0 saturated heterocycles. The highest BCUT2D eigenvalue weighted by Gasteiger charge is 2.12. The van der Waals surface area contributed by atoms with Crippen molar-refractivity contribution in [1.82, 2.24) is 0 Å². The van der Waals surface area contributed by atoms with Crippen LogP contribution in [-0.4, -0.2) is 18.7 Å². The van der Waals surface area contributed by atoms with E-state index in [4.69, 9.17) is 4.74 Å². The number of rotatable bonds is 4. The van der Waals surface area contributed by atoms with E-state index in [1.54, 1.807) is 0 Å². The van der Waals surface area contributed by atoms with Crippen LogP contribution in [0.4, 0.5) is 8.78 Å². The Morgan fingerprint density at radius 1 is 1.47 bits per heavy atom. The minimum atomic E-state index is -2.50. The largest absolute Gasteiger partial charge is 0.496 e. The van der Waals surface area contributed by atoms with E-state index in [1.165, 1.54) is 32.2 Å². The van der Waals surface area contributed by atoms with E-state index in [1.807, 2.05) is 0 Å². The molecule has 0 fully saturated rings. The SMILES string of the molecule is COc1cc(C(C)=O)ccc1SC(F)F. The summed E-state index contributed by atoms with van der Waals surface area (Å²) in [4.78, 5) is 11.4. The maximum atomic E-state index is 12.1. The van der Waals surface area contributed by atoms with Gasteiger partial charge in [-0.2, -0.15) is 8.78 Å².